The lowest BCUT2D eigenvalue weighted by Crippen LogP contribution is -2.51. The van der Waals surface area contributed by atoms with E-state index in [4.69, 9.17) is 10.3 Å². The Kier molecular flexibility index (Phi) is 3.94. The molecule has 1 saturated carbocycles. The van der Waals surface area contributed by atoms with Gasteiger partial charge < -0.3 is 15.6 Å². The van der Waals surface area contributed by atoms with Crippen molar-refractivity contribution in [3.8, 4) is 0 Å². The summed E-state index contributed by atoms with van der Waals surface area (Å²) in [6.07, 6.45) is 3.33. The molecule has 1 amide bonds. The van der Waals surface area contributed by atoms with Gasteiger partial charge in [-0.1, -0.05) is 25.9 Å². The zero-order valence-electron chi connectivity index (χ0n) is 11.8. The van der Waals surface area contributed by atoms with E-state index in [9.17, 15) is 4.79 Å². The van der Waals surface area contributed by atoms with Gasteiger partial charge in [0, 0.05) is 18.0 Å². The van der Waals surface area contributed by atoms with Gasteiger partial charge in [0.2, 0.25) is 5.91 Å². The number of nitrogens with one attached hydrogen (secondary N) is 1. The number of rotatable bonds is 3. The standard InChI is InChI=1S/C14H23N3O2/c1-9-12(15)5-4-11(14(9,2)3)13(18)16-8-10-6-7-17-19-10/h6-7,9,11-12H,4-5,8,15H2,1-3H3,(H,16,18). The lowest BCUT2D eigenvalue weighted by Gasteiger charge is -2.46. The fourth-order valence-electron chi connectivity index (χ4n) is 2.95. The molecule has 0 radical (unpaired) electrons. The van der Waals surface area contributed by atoms with Crippen molar-refractivity contribution in [2.75, 3.05) is 0 Å². The van der Waals surface area contributed by atoms with E-state index in [1.807, 2.05) is 0 Å². The molecule has 1 aliphatic carbocycles. The lowest BCUT2D eigenvalue weighted by molar-refractivity contribution is -0.132. The van der Waals surface area contributed by atoms with Crippen molar-refractivity contribution in [3.05, 3.63) is 18.0 Å². The lowest BCUT2D eigenvalue weighted by atomic mass is 9.61. The second-order valence-corrected chi connectivity index (χ2v) is 6.10. The fraction of sp³-hybridized carbons (Fsp3) is 0.714. The molecule has 1 aromatic rings. The highest BCUT2D eigenvalue weighted by Gasteiger charge is 2.44. The second-order valence-electron chi connectivity index (χ2n) is 6.10. The summed E-state index contributed by atoms with van der Waals surface area (Å²) >= 11 is 0. The third-order valence-electron chi connectivity index (χ3n) is 4.75. The van der Waals surface area contributed by atoms with Gasteiger partial charge in [-0.05, 0) is 24.2 Å². The summed E-state index contributed by atoms with van der Waals surface area (Å²) in [6, 6.07) is 1.94. The topological polar surface area (TPSA) is 81.2 Å². The van der Waals surface area contributed by atoms with E-state index in [1.54, 1.807) is 12.3 Å². The summed E-state index contributed by atoms with van der Waals surface area (Å²) < 4.78 is 4.98. The third-order valence-corrected chi connectivity index (χ3v) is 4.75. The Morgan fingerprint density at radius 3 is 2.95 bits per heavy atom. The first-order valence-electron chi connectivity index (χ1n) is 6.85. The minimum absolute atomic E-state index is 0.00483. The molecule has 3 unspecified atom stereocenters. The monoisotopic (exact) mass is 265 g/mol. The average molecular weight is 265 g/mol. The van der Waals surface area contributed by atoms with E-state index < -0.39 is 0 Å². The van der Waals surface area contributed by atoms with Crippen molar-refractivity contribution in [2.24, 2.45) is 23.0 Å². The van der Waals surface area contributed by atoms with Gasteiger partial charge in [0.1, 0.15) is 0 Å². The molecule has 106 valence electrons. The SMILES string of the molecule is CC1C(N)CCC(C(=O)NCc2ccno2)C1(C)C. The Hall–Kier alpha value is -1.36. The molecule has 19 heavy (non-hydrogen) atoms. The predicted octanol–water partition coefficient (Wildman–Crippen LogP) is 1.69. The number of hydrogen-bond donors (Lipinski definition) is 2. The fourth-order valence-corrected chi connectivity index (χ4v) is 2.95. The van der Waals surface area contributed by atoms with Gasteiger partial charge in [0.15, 0.2) is 5.76 Å². The first-order chi connectivity index (χ1) is 8.93. The number of hydrogen-bond acceptors (Lipinski definition) is 4. The van der Waals surface area contributed by atoms with Gasteiger partial charge in [-0.2, -0.15) is 0 Å². The molecule has 1 fully saturated rings. The summed E-state index contributed by atoms with van der Waals surface area (Å²) in [6.45, 7) is 6.80. The van der Waals surface area contributed by atoms with Crippen molar-refractivity contribution in [2.45, 2.75) is 46.2 Å². The third kappa shape index (κ3) is 2.81. The molecule has 1 aromatic heterocycles. The van der Waals surface area contributed by atoms with E-state index in [2.05, 4.69) is 31.2 Å². The van der Waals surface area contributed by atoms with Crippen LogP contribution in [-0.4, -0.2) is 17.1 Å². The molecule has 0 bridgehead atoms. The van der Waals surface area contributed by atoms with Crippen LogP contribution >= 0.6 is 0 Å². The van der Waals surface area contributed by atoms with Crippen molar-refractivity contribution in [3.63, 3.8) is 0 Å². The van der Waals surface area contributed by atoms with E-state index >= 15 is 0 Å². The summed E-state index contributed by atoms with van der Waals surface area (Å²) in [5.41, 5.74) is 6.03. The van der Waals surface area contributed by atoms with Gasteiger partial charge in [-0.3, -0.25) is 4.79 Å². The predicted molar refractivity (Wildman–Crippen MR) is 72.0 cm³/mol. The highest BCUT2D eigenvalue weighted by atomic mass is 16.5. The van der Waals surface area contributed by atoms with Crippen LogP contribution in [0.1, 0.15) is 39.4 Å². The van der Waals surface area contributed by atoms with Gasteiger partial charge in [-0.25, -0.2) is 0 Å². The van der Waals surface area contributed by atoms with Crippen LogP contribution in [0.4, 0.5) is 0 Å². The molecule has 3 atom stereocenters. The highest BCUT2D eigenvalue weighted by molar-refractivity contribution is 5.79. The van der Waals surface area contributed by atoms with Gasteiger partial charge in [-0.15, -0.1) is 0 Å². The first-order valence-corrected chi connectivity index (χ1v) is 6.85. The number of nitrogens with two attached hydrogens (primary N) is 1. The molecule has 0 spiro atoms. The van der Waals surface area contributed by atoms with Crippen LogP contribution in [0.15, 0.2) is 16.8 Å². The van der Waals surface area contributed by atoms with Crippen LogP contribution in [0.25, 0.3) is 0 Å². The molecule has 0 saturated heterocycles. The Morgan fingerprint density at radius 2 is 2.32 bits per heavy atom. The maximum Gasteiger partial charge on any atom is 0.224 e. The number of carbonyl (C=O) groups excluding carboxylic acids is 1. The molecule has 1 heterocycles. The van der Waals surface area contributed by atoms with Gasteiger partial charge in [0.25, 0.3) is 0 Å². The molecule has 5 nitrogen and oxygen atoms in total. The summed E-state index contributed by atoms with van der Waals surface area (Å²) in [5.74, 6) is 1.10. The van der Waals surface area contributed by atoms with E-state index in [1.165, 1.54) is 0 Å². The average Bonchev–Trinajstić information content (AvgIpc) is 2.86. The molecule has 3 N–H and O–H groups in total. The molecular formula is C14H23N3O2. The first kappa shape index (κ1) is 14.1. The van der Waals surface area contributed by atoms with E-state index in [0.717, 1.165) is 12.8 Å². The minimum atomic E-state index is -0.0802. The molecule has 0 aliphatic heterocycles. The Morgan fingerprint density at radius 1 is 1.58 bits per heavy atom. The number of nitrogens with zero attached hydrogens (tertiary/aromatic N) is 1. The molecule has 5 heteroatoms. The Balaban J connectivity index is 1.98. The van der Waals surface area contributed by atoms with Crippen molar-refractivity contribution >= 4 is 5.91 Å². The van der Waals surface area contributed by atoms with E-state index in [-0.39, 0.29) is 23.3 Å². The summed E-state index contributed by atoms with van der Waals surface area (Å²) in [5, 5.41) is 6.55. The number of aromatic nitrogens is 1. The molecule has 2 rings (SSSR count). The summed E-state index contributed by atoms with van der Waals surface area (Å²) in [4.78, 5) is 12.3. The van der Waals surface area contributed by atoms with Crippen LogP contribution in [0, 0.1) is 17.3 Å². The molecular weight excluding hydrogens is 242 g/mol. The van der Waals surface area contributed by atoms with Crippen molar-refractivity contribution < 1.29 is 9.32 Å². The normalized spacial score (nSPS) is 30.0. The van der Waals surface area contributed by atoms with Crippen molar-refractivity contribution in [1.29, 1.82) is 0 Å². The van der Waals surface area contributed by atoms with Crippen LogP contribution in [0.2, 0.25) is 0 Å². The molecule has 0 aromatic carbocycles. The second kappa shape index (κ2) is 5.33. The number of carbonyl (C=O) groups is 1. The Labute approximate surface area is 113 Å². The summed E-state index contributed by atoms with van der Waals surface area (Å²) in [7, 11) is 0. The largest absolute Gasteiger partial charge is 0.360 e. The number of amides is 1. The van der Waals surface area contributed by atoms with E-state index in [0.29, 0.717) is 18.2 Å². The zero-order valence-corrected chi connectivity index (χ0v) is 11.8. The maximum absolute atomic E-state index is 12.3. The zero-order chi connectivity index (χ0) is 14.0. The molecule has 1 aliphatic rings. The van der Waals surface area contributed by atoms with Crippen LogP contribution in [0.5, 0.6) is 0 Å². The minimum Gasteiger partial charge on any atom is -0.360 e. The van der Waals surface area contributed by atoms with Crippen LogP contribution in [0.3, 0.4) is 0 Å². The maximum atomic E-state index is 12.3. The Bertz CT molecular complexity index is 428. The quantitative estimate of drug-likeness (QED) is 0.871. The van der Waals surface area contributed by atoms with Crippen LogP contribution in [-0.2, 0) is 11.3 Å². The van der Waals surface area contributed by atoms with Crippen LogP contribution < -0.4 is 11.1 Å². The van der Waals surface area contributed by atoms with Gasteiger partial charge in [0.05, 0.1) is 12.7 Å². The smallest absolute Gasteiger partial charge is 0.224 e. The van der Waals surface area contributed by atoms with Gasteiger partial charge >= 0.3 is 0 Å². The van der Waals surface area contributed by atoms with Crippen molar-refractivity contribution in [1.82, 2.24) is 10.5 Å². The highest BCUT2D eigenvalue weighted by Crippen LogP contribution is 2.44.